The summed E-state index contributed by atoms with van der Waals surface area (Å²) in [6.07, 6.45) is 0. The number of hydrogen-bond acceptors (Lipinski definition) is 8. The molecule has 0 aromatic heterocycles. The molecule has 0 aromatic rings. The van der Waals surface area contributed by atoms with Crippen molar-refractivity contribution in [2.24, 2.45) is 5.84 Å². The van der Waals surface area contributed by atoms with Gasteiger partial charge in [0, 0.05) is 39.3 Å². The van der Waals surface area contributed by atoms with Crippen LogP contribution in [0.1, 0.15) is 41.5 Å². The van der Waals surface area contributed by atoms with Crippen molar-refractivity contribution in [1.29, 1.82) is 0 Å². The van der Waals surface area contributed by atoms with Gasteiger partial charge in [0.1, 0.15) is 11.5 Å². The molecule has 1 atom stereocenters. The van der Waals surface area contributed by atoms with E-state index < -0.39 is 22.3 Å². The van der Waals surface area contributed by atoms with Crippen LogP contribution in [0.25, 0.3) is 0 Å². The van der Waals surface area contributed by atoms with Gasteiger partial charge >= 0.3 is 5.97 Å². The molecule has 0 saturated carbocycles. The first-order chi connectivity index (χ1) is 11.8. The molecule has 0 radical (unpaired) electrons. The lowest BCUT2D eigenvalue weighted by molar-refractivity contribution is -0.156. The van der Waals surface area contributed by atoms with Crippen molar-refractivity contribution in [2.75, 3.05) is 51.7 Å². The largest absolute Gasteiger partial charge is 0.459 e. The zero-order valence-electron chi connectivity index (χ0n) is 17.1. The summed E-state index contributed by atoms with van der Waals surface area (Å²) in [6.45, 7) is 15.5. The number of esters is 1. The van der Waals surface area contributed by atoms with Gasteiger partial charge in [-0.05, 0) is 41.5 Å². The number of carbonyl (C=O) groups is 1. The van der Waals surface area contributed by atoms with Crippen LogP contribution in [0.4, 0.5) is 0 Å². The number of hydrazine groups is 1. The average Bonchev–Trinajstić information content (AvgIpc) is 2.49. The fraction of sp³-hybridized carbons (Fsp3) is 0.941. The molecule has 9 heteroatoms. The van der Waals surface area contributed by atoms with Crippen molar-refractivity contribution >= 4 is 17.0 Å². The minimum atomic E-state index is -1.40. The zero-order chi connectivity index (χ0) is 20.0. The van der Waals surface area contributed by atoms with Gasteiger partial charge in [-0.15, -0.1) is 0 Å². The van der Waals surface area contributed by atoms with E-state index in [9.17, 15) is 9.00 Å². The van der Waals surface area contributed by atoms with Crippen LogP contribution in [-0.2, 0) is 24.8 Å². The first-order valence-electron chi connectivity index (χ1n) is 9.08. The van der Waals surface area contributed by atoms with E-state index in [0.717, 1.165) is 0 Å². The molecular formula is C17H36N4O4S. The second kappa shape index (κ2) is 10.1. The number of ether oxygens (including phenoxy) is 1. The molecule has 154 valence electrons. The topological polar surface area (TPSA) is 88.3 Å². The summed E-state index contributed by atoms with van der Waals surface area (Å²) in [5, 5.41) is 1.73. The summed E-state index contributed by atoms with van der Waals surface area (Å²) >= 11 is -1.40. The van der Waals surface area contributed by atoms with Crippen molar-refractivity contribution in [3.8, 4) is 0 Å². The van der Waals surface area contributed by atoms with E-state index >= 15 is 0 Å². The highest BCUT2D eigenvalue weighted by Gasteiger charge is 2.23. The standard InChI is InChI=1S/C17H36N4O4S/c1-16(2,3)24-15(22)13-19-7-8-20(10-12-21(18)11-9-19)14-26(23)25-17(4,5)6/h7-14,18H2,1-6H3. The van der Waals surface area contributed by atoms with Gasteiger partial charge < -0.3 is 4.74 Å². The third-order valence-corrected chi connectivity index (χ3v) is 4.80. The van der Waals surface area contributed by atoms with Gasteiger partial charge in [-0.25, -0.2) is 9.22 Å². The Morgan fingerprint density at radius 3 is 1.96 bits per heavy atom. The quantitative estimate of drug-likeness (QED) is 0.536. The second-order valence-corrected chi connectivity index (χ2v) is 9.68. The number of rotatable bonds is 5. The number of nitrogens with two attached hydrogens (primary N) is 1. The van der Waals surface area contributed by atoms with Crippen LogP contribution in [-0.4, -0.2) is 87.9 Å². The van der Waals surface area contributed by atoms with Gasteiger partial charge in [-0.3, -0.25) is 24.6 Å². The normalized spacial score (nSPS) is 20.9. The molecule has 0 spiro atoms. The highest BCUT2D eigenvalue weighted by molar-refractivity contribution is 7.80. The lowest BCUT2D eigenvalue weighted by Gasteiger charge is -2.27. The van der Waals surface area contributed by atoms with Crippen LogP contribution in [0.15, 0.2) is 0 Å². The fourth-order valence-electron chi connectivity index (χ4n) is 2.46. The molecule has 1 aliphatic rings. The van der Waals surface area contributed by atoms with Crippen molar-refractivity contribution in [1.82, 2.24) is 14.8 Å². The predicted octanol–water partition coefficient (Wildman–Crippen LogP) is 0.558. The van der Waals surface area contributed by atoms with Gasteiger partial charge in [0.2, 0.25) is 0 Å². The molecule has 1 fully saturated rings. The molecule has 0 aliphatic carbocycles. The molecule has 1 saturated heterocycles. The Labute approximate surface area is 160 Å². The summed E-state index contributed by atoms with van der Waals surface area (Å²) < 4.78 is 23.1. The fourth-order valence-corrected chi connectivity index (χ4v) is 3.62. The van der Waals surface area contributed by atoms with E-state index in [-0.39, 0.29) is 12.5 Å². The van der Waals surface area contributed by atoms with Gasteiger partial charge in [-0.2, -0.15) is 0 Å². The molecule has 1 aliphatic heterocycles. The van der Waals surface area contributed by atoms with Gasteiger partial charge in [0.05, 0.1) is 12.1 Å². The van der Waals surface area contributed by atoms with Crippen LogP contribution in [0.2, 0.25) is 0 Å². The second-order valence-electron chi connectivity index (χ2n) is 8.65. The minimum absolute atomic E-state index is 0.223. The van der Waals surface area contributed by atoms with Crippen LogP contribution < -0.4 is 5.84 Å². The first-order valence-corrected chi connectivity index (χ1v) is 10.3. The maximum Gasteiger partial charge on any atom is 0.320 e. The molecule has 1 unspecified atom stereocenters. The molecule has 1 rings (SSSR count). The van der Waals surface area contributed by atoms with Crippen molar-refractivity contribution < 1.29 is 17.9 Å². The monoisotopic (exact) mass is 392 g/mol. The lowest BCUT2D eigenvalue weighted by atomic mass is 10.2. The van der Waals surface area contributed by atoms with Crippen molar-refractivity contribution in [3.05, 3.63) is 0 Å². The first kappa shape index (κ1) is 23.5. The van der Waals surface area contributed by atoms with Crippen LogP contribution in [0.5, 0.6) is 0 Å². The summed E-state index contributed by atoms with van der Waals surface area (Å²) in [7, 11) is 0. The molecule has 2 N–H and O–H groups in total. The Bertz CT molecular complexity index is 434. The smallest absolute Gasteiger partial charge is 0.320 e. The Morgan fingerprint density at radius 2 is 1.42 bits per heavy atom. The molecule has 1 heterocycles. The number of nitrogens with zero attached hydrogens (tertiary/aromatic N) is 3. The Morgan fingerprint density at radius 1 is 0.923 bits per heavy atom. The highest BCUT2D eigenvalue weighted by atomic mass is 32.2. The van der Waals surface area contributed by atoms with Crippen LogP contribution >= 0.6 is 0 Å². The van der Waals surface area contributed by atoms with E-state index in [1.54, 1.807) is 5.01 Å². The van der Waals surface area contributed by atoms with E-state index in [1.165, 1.54) is 0 Å². The van der Waals surface area contributed by atoms with Gasteiger partial charge in [-0.1, -0.05) is 0 Å². The summed E-state index contributed by atoms with van der Waals surface area (Å²) in [4.78, 5) is 16.2. The lowest BCUT2D eigenvalue weighted by Crippen LogP contribution is -2.42. The van der Waals surface area contributed by atoms with Crippen LogP contribution in [0, 0.1) is 0 Å². The SMILES string of the molecule is CC(C)(C)OC(=O)CN1CCN(N)CCN(CS(=O)OC(C)(C)C)CC1. The average molecular weight is 393 g/mol. The summed E-state index contributed by atoms with van der Waals surface area (Å²) in [5.74, 6) is 6.10. The van der Waals surface area contributed by atoms with E-state index in [1.807, 2.05) is 46.4 Å². The highest BCUT2D eigenvalue weighted by Crippen LogP contribution is 2.11. The Balaban J connectivity index is 2.62. The molecule has 0 bridgehead atoms. The minimum Gasteiger partial charge on any atom is -0.459 e. The van der Waals surface area contributed by atoms with E-state index in [4.69, 9.17) is 14.8 Å². The Hall–Kier alpha value is -0.580. The Kier molecular flexibility index (Phi) is 9.11. The molecule has 0 amide bonds. The number of hydrogen-bond donors (Lipinski definition) is 1. The van der Waals surface area contributed by atoms with Crippen molar-refractivity contribution in [3.63, 3.8) is 0 Å². The van der Waals surface area contributed by atoms with Gasteiger partial charge in [0.15, 0.2) is 11.1 Å². The summed E-state index contributed by atoms with van der Waals surface area (Å²) in [5.41, 5.74) is -0.947. The van der Waals surface area contributed by atoms with Crippen molar-refractivity contribution in [2.45, 2.75) is 52.7 Å². The maximum absolute atomic E-state index is 12.2. The molecule has 26 heavy (non-hydrogen) atoms. The number of carbonyl (C=O) groups excluding carboxylic acids is 1. The summed E-state index contributed by atoms with van der Waals surface area (Å²) in [6, 6.07) is 0. The third-order valence-electron chi connectivity index (χ3n) is 3.54. The zero-order valence-corrected chi connectivity index (χ0v) is 17.9. The third kappa shape index (κ3) is 11.2. The predicted molar refractivity (Wildman–Crippen MR) is 103 cm³/mol. The van der Waals surface area contributed by atoms with E-state index in [2.05, 4.69) is 4.90 Å². The maximum atomic E-state index is 12.2. The van der Waals surface area contributed by atoms with Gasteiger partial charge in [0.25, 0.3) is 0 Å². The molecular weight excluding hydrogens is 356 g/mol. The molecule has 0 aromatic carbocycles. The van der Waals surface area contributed by atoms with E-state index in [0.29, 0.717) is 45.1 Å². The molecule has 8 nitrogen and oxygen atoms in total. The van der Waals surface area contributed by atoms with Crippen LogP contribution in [0.3, 0.4) is 0 Å².